The Morgan fingerprint density at radius 2 is 2.10 bits per heavy atom. The van der Waals surface area contributed by atoms with Gasteiger partial charge < -0.3 is 0 Å². The van der Waals surface area contributed by atoms with Crippen LogP contribution in [0.4, 0.5) is 0 Å². The van der Waals surface area contributed by atoms with E-state index in [1.165, 1.54) is 8.83 Å². The molecule has 0 spiro atoms. The van der Waals surface area contributed by atoms with Crippen molar-refractivity contribution in [2.45, 2.75) is 6.61 Å². The second-order valence-electron chi connectivity index (χ2n) is 2.13. The van der Waals surface area contributed by atoms with Crippen LogP contribution in [0.25, 0.3) is 0 Å². The van der Waals surface area contributed by atoms with Crippen LogP contribution in [-0.2, 0) is 11.3 Å². The first-order chi connectivity index (χ1) is 4.84. The van der Waals surface area contributed by atoms with Gasteiger partial charge in [0.05, 0.1) is 0 Å². The number of benzene rings is 1. The van der Waals surface area contributed by atoms with Crippen molar-refractivity contribution in [1.29, 1.82) is 0 Å². The summed E-state index contributed by atoms with van der Waals surface area (Å²) in [4.78, 5) is 0. The maximum atomic E-state index is 5.04. The van der Waals surface area contributed by atoms with Gasteiger partial charge in [0.1, 0.15) is 0 Å². The van der Waals surface area contributed by atoms with E-state index in [4.69, 9.17) is 4.74 Å². The van der Waals surface area contributed by atoms with E-state index >= 15 is 0 Å². The van der Waals surface area contributed by atoms with Gasteiger partial charge in [-0.15, -0.1) is 0 Å². The minimum atomic E-state index is 0.757. The molecule has 0 saturated carbocycles. The first kappa shape index (κ1) is 8.16. The summed E-state index contributed by atoms with van der Waals surface area (Å²) in [5, 5.41) is 0. The summed E-state index contributed by atoms with van der Waals surface area (Å²) in [5.41, 5.74) is 1.34. The van der Waals surface area contributed by atoms with Gasteiger partial charge in [-0.25, -0.2) is 0 Å². The molecular weight excluding hydrogens is 321 g/mol. The second-order valence-corrected chi connectivity index (χ2v) is 4.55. The first-order valence-electron chi connectivity index (χ1n) is 3.17. The number of hydrogen-bond acceptors (Lipinski definition) is 1. The van der Waals surface area contributed by atoms with Crippen LogP contribution in [0.3, 0.4) is 0 Å². The molecular formula is C8H11BiO. The fraction of sp³-hybridized carbons (Fsp3) is 0.250. The predicted octanol–water partition coefficient (Wildman–Crippen LogP) is 0.0914. The number of methoxy groups -OCH3 is 1. The van der Waals surface area contributed by atoms with Gasteiger partial charge >= 0.3 is 76.3 Å². The molecule has 0 saturated heterocycles. The van der Waals surface area contributed by atoms with Crippen LogP contribution in [0.15, 0.2) is 24.3 Å². The van der Waals surface area contributed by atoms with E-state index in [2.05, 4.69) is 24.3 Å². The molecule has 0 aromatic heterocycles. The van der Waals surface area contributed by atoms with Crippen molar-refractivity contribution in [2.75, 3.05) is 7.11 Å². The first-order valence-corrected chi connectivity index (χ1v) is 5.41. The molecule has 0 amide bonds. The van der Waals surface area contributed by atoms with Crippen LogP contribution < -0.4 is 3.27 Å². The van der Waals surface area contributed by atoms with Gasteiger partial charge in [0.2, 0.25) is 0 Å². The summed E-state index contributed by atoms with van der Waals surface area (Å²) in [6, 6.07) is 8.42. The molecule has 0 heterocycles. The van der Waals surface area contributed by atoms with E-state index in [1.54, 1.807) is 7.11 Å². The summed E-state index contributed by atoms with van der Waals surface area (Å²) >= 11 is 0.913. The summed E-state index contributed by atoms with van der Waals surface area (Å²) in [5.74, 6) is 0. The molecule has 1 aromatic rings. The fourth-order valence-electron chi connectivity index (χ4n) is 0.821. The molecule has 2 heteroatoms. The van der Waals surface area contributed by atoms with E-state index in [9.17, 15) is 0 Å². The molecule has 0 atom stereocenters. The second kappa shape index (κ2) is 4.05. The predicted molar refractivity (Wildman–Crippen MR) is 45.3 cm³/mol. The van der Waals surface area contributed by atoms with Crippen LogP contribution in [0.5, 0.6) is 0 Å². The summed E-state index contributed by atoms with van der Waals surface area (Å²) in [6.45, 7) is 0.757. The van der Waals surface area contributed by atoms with E-state index in [0.29, 0.717) is 0 Å². The Bertz CT molecular complexity index is 210. The van der Waals surface area contributed by atoms with Gasteiger partial charge in [0, 0.05) is 0 Å². The molecule has 0 aliphatic rings. The summed E-state index contributed by atoms with van der Waals surface area (Å²) < 4.78 is 6.50. The van der Waals surface area contributed by atoms with Crippen molar-refractivity contribution in [1.82, 2.24) is 0 Å². The zero-order valence-corrected chi connectivity index (χ0v) is 10.5. The van der Waals surface area contributed by atoms with Crippen LogP contribution >= 0.6 is 0 Å². The third-order valence-electron chi connectivity index (χ3n) is 1.35. The van der Waals surface area contributed by atoms with Crippen LogP contribution in [0.1, 0.15) is 5.56 Å². The molecule has 1 rings (SSSR count). The quantitative estimate of drug-likeness (QED) is 0.698. The van der Waals surface area contributed by atoms with Gasteiger partial charge in [-0.3, -0.25) is 0 Å². The number of rotatable bonds is 2. The van der Waals surface area contributed by atoms with Gasteiger partial charge in [-0.05, 0) is 0 Å². The number of hydrogen-bond donors (Lipinski definition) is 0. The Labute approximate surface area is 76.2 Å². The minimum absolute atomic E-state index is 0.757. The maximum absolute atomic E-state index is 5.04. The van der Waals surface area contributed by atoms with Gasteiger partial charge in [-0.1, -0.05) is 0 Å². The molecule has 0 radical (unpaired) electrons. The van der Waals surface area contributed by atoms with Crippen LogP contribution in [-0.4, -0.2) is 31.8 Å². The van der Waals surface area contributed by atoms with Crippen molar-refractivity contribution in [2.24, 2.45) is 0 Å². The number of ether oxygens (including phenoxy) is 1. The van der Waals surface area contributed by atoms with Crippen molar-refractivity contribution in [3.8, 4) is 0 Å². The Morgan fingerprint density at radius 1 is 1.40 bits per heavy atom. The average Bonchev–Trinajstić information content (AvgIpc) is 1.94. The molecule has 10 heavy (non-hydrogen) atoms. The SMILES string of the molecule is COCc1cccc[c]1[BiH2]. The molecule has 1 aromatic carbocycles. The molecule has 0 bridgehead atoms. The molecule has 0 aliphatic carbocycles. The third kappa shape index (κ3) is 2.03. The average molecular weight is 332 g/mol. The van der Waals surface area contributed by atoms with Crippen molar-refractivity contribution in [3.05, 3.63) is 29.8 Å². The van der Waals surface area contributed by atoms with Gasteiger partial charge in [-0.2, -0.15) is 0 Å². The molecule has 0 unspecified atom stereocenters. The zero-order valence-electron chi connectivity index (χ0n) is 6.00. The van der Waals surface area contributed by atoms with Gasteiger partial charge in [0.15, 0.2) is 0 Å². The Hall–Kier alpha value is 0.0631. The Kier molecular flexibility index (Phi) is 3.31. The molecule has 54 valence electrons. The van der Waals surface area contributed by atoms with E-state index in [0.717, 1.165) is 31.3 Å². The molecule has 0 N–H and O–H groups in total. The van der Waals surface area contributed by atoms with Crippen LogP contribution in [0.2, 0.25) is 0 Å². The zero-order chi connectivity index (χ0) is 7.40. The van der Waals surface area contributed by atoms with Gasteiger partial charge in [0.25, 0.3) is 0 Å². The summed E-state index contributed by atoms with van der Waals surface area (Å²) in [7, 11) is 1.73. The topological polar surface area (TPSA) is 9.23 Å². The van der Waals surface area contributed by atoms with Crippen molar-refractivity contribution in [3.63, 3.8) is 0 Å². The van der Waals surface area contributed by atoms with Crippen molar-refractivity contribution >= 4 is 28.0 Å². The third-order valence-corrected chi connectivity index (χ3v) is 3.54. The normalized spacial score (nSPS) is 9.80. The summed E-state index contributed by atoms with van der Waals surface area (Å²) in [6.07, 6.45) is 0. The van der Waals surface area contributed by atoms with Crippen LogP contribution in [0, 0.1) is 0 Å². The van der Waals surface area contributed by atoms with E-state index in [-0.39, 0.29) is 0 Å². The van der Waals surface area contributed by atoms with E-state index in [1.807, 2.05) is 0 Å². The van der Waals surface area contributed by atoms with Crippen molar-refractivity contribution < 1.29 is 4.74 Å². The fourth-order valence-corrected chi connectivity index (χ4v) is 1.95. The van der Waals surface area contributed by atoms with E-state index < -0.39 is 0 Å². The molecule has 0 fully saturated rings. The standard InChI is InChI=1S/C8H9O.Bi.2H/c1-9-7-8-5-3-2-4-6-8;;;/h2-5H,7H2,1H3;;;. The monoisotopic (exact) mass is 332 g/mol. The Morgan fingerprint density at radius 3 is 2.70 bits per heavy atom. The molecule has 0 aliphatic heterocycles. The Balaban J connectivity index is 2.81. The molecule has 1 nitrogen and oxygen atoms in total.